The van der Waals surface area contributed by atoms with E-state index in [0.29, 0.717) is 0 Å². The van der Waals surface area contributed by atoms with Gasteiger partial charge in [-0.3, -0.25) is 5.84 Å². The van der Waals surface area contributed by atoms with Crippen LogP contribution in [-0.2, 0) is 4.74 Å². The smallest absolute Gasteiger partial charge is 0.345 e. The van der Waals surface area contributed by atoms with Crippen molar-refractivity contribution >= 4 is 0 Å². The Morgan fingerprint density at radius 3 is 2.56 bits per heavy atom. The van der Waals surface area contributed by atoms with Crippen molar-refractivity contribution in [2.75, 3.05) is 6.61 Å². The van der Waals surface area contributed by atoms with Gasteiger partial charge < -0.3 is 9.84 Å². The van der Waals surface area contributed by atoms with Gasteiger partial charge in [-0.25, -0.2) is 5.43 Å². The second kappa shape index (κ2) is 4.57. The largest absolute Gasteiger partial charge is 0.375 e. The van der Waals surface area contributed by atoms with Crippen molar-refractivity contribution in [1.29, 1.82) is 0 Å². The lowest BCUT2D eigenvalue weighted by Gasteiger charge is -2.07. The molecule has 56 valence electrons. The topological polar surface area (TPSA) is 67.5 Å². The van der Waals surface area contributed by atoms with Crippen LogP contribution in [0.1, 0.15) is 0 Å². The van der Waals surface area contributed by atoms with E-state index < -0.39 is 19.4 Å². The van der Waals surface area contributed by atoms with Crippen LogP contribution >= 0.6 is 0 Å². The van der Waals surface area contributed by atoms with E-state index in [9.17, 15) is 8.78 Å². The molecule has 0 spiro atoms. The van der Waals surface area contributed by atoms with Crippen LogP contribution in [0.2, 0.25) is 0 Å². The second-order valence-corrected chi connectivity index (χ2v) is 1.28. The Morgan fingerprint density at radius 2 is 2.22 bits per heavy atom. The van der Waals surface area contributed by atoms with Gasteiger partial charge in [0, 0.05) is 0 Å². The van der Waals surface area contributed by atoms with Gasteiger partial charge in [0.15, 0.2) is 0 Å². The van der Waals surface area contributed by atoms with Gasteiger partial charge >= 0.3 is 6.61 Å². The number of ether oxygens (including phenoxy) is 1. The van der Waals surface area contributed by atoms with Gasteiger partial charge in [-0.1, -0.05) is 0 Å². The Bertz CT molecular complexity index is 72.8. The number of hydrogen-bond donors (Lipinski definition) is 3. The zero-order valence-electron chi connectivity index (χ0n) is 4.55. The predicted octanol–water partition coefficient (Wildman–Crippen LogP) is -0.993. The number of alkyl halides is 2. The highest BCUT2D eigenvalue weighted by Crippen LogP contribution is 1.93. The normalized spacial score (nSPS) is 14.3. The summed E-state index contributed by atoms with van der Waals surface area (Å²) in [6, 6.07) is 0. The molecule has 1 atom stereocenters. The Balaban J connectivity index is 3.06. The van der Waals surface area contributed by atoms with E-state index in [0.717, 1.165) is 0 Å². The van der Waals surface area contributed by atoms with Crippen LogP contribution < -0.4 is 11.3 Å². The lowest BCUT2D eigenvalue weighted by atomic mass is 10.6. The molecular weight excluding hydrogens is 134 g/mol. The second-order valence-electron chi connectivity index (χ2n) is 1.28. The van der Waals surface area contributed by atoms with Crippen molar-refractivity contribution < 1.29 is 18.6 Å². The third-order valence-corrected chi connectivity index (χ3v) is 0.572. The third kappa shape index (κ3) is 5.57. The molecule has 0 aromatic carbocycles. The van der Waals surface area contributed by atoms with E-state index >= 15 is 0 Å². The summed E-state index contributed by atoms with van der Waals surface area (Å²) in [5, 5.41) is 8.41. The maximum Gasteiger partial charge on any atom is 0.345 e. The summed E-state index contributed by atoms with van der Waals surface area (Å²) in [5.41, 5.74) is 1.82. The molecule has 4 N–H and O–H groups in total. The third-order valence-electron chi connectivity index (χ3n) is 0.572. The van der Waals surface area contributed by atoms with Crippen molar-refractivity contribution in [3.63, 3.8) is 0 Å². The molecule has 0 bridgehead atoms. The van der Waals surface area contributed by atoms with Gasteiger partial charge in [0.2, 0.25) is 0 Å². The molecule has 0 aliphatic rings. The van der Waals surface area contributed by atoms with Crippen LogP contribution in [-0.4, -0.2) is 24.6 Å². The molecule has 0 saturated carbocycles. The predicted molar refractivity (Wildman–Crippen MR) is 25.3 cm³/mol. The first-order chi connectivity index (χ1) is 4.16. The molecule has 1 unspecified atom stereocenters. The summed E-state index contributed by atoms with van der Waals surface area (Å²) in [6.45, 7) is -3.39. The number of nitrogens with two attached hydrogens (primary N) is 1. The first kappa shape index (κ1) is 8.70. The molecule has 0 fully saturated rings. The summed E-state index contributed by atoms with van der Waals surface area (Å²) >= 11 is 0. The van der Waals surface area contributed by atoms with Crippen molar-refractivity contribution in [1.82, 2.24) is 5.43 Å². The van der Waals surface area contributed by atoms with Crippen molar-refractivity contribution in [3.8, 4) is 0 Å². The molecule has 6 heteroatoms. The summed E-state index contributed by atoms with van der Waals surface area (Å²) < 4.78 is 25.9. The van der Waals surface area contributed by atoms with Gasteiger partial charge in [0.05, 0.1) is 6.61 Å². The maximum atomic E-state index is 11.1. The zero-order chi connectivity index (χ0) is 7.28. The lowest BCUT2D eigenvalue weighted by Crippen LogP contribution is -2.38. The molecular formula is C3H8F2N2O2. The van der Waals surface area contributed by atoms with Crippen LogP contribution in [0.5, 0.6) is 0 Å². The molecule has 0 saturated heterocycles. The molecule has 0 radical (unpaired) electrons. The number of rotatable bonds is 4. The molecule has 4 nitrogen and oxygen atoms in total. The van der Waals surface area contributed by atoms with Gasteiger partial charge in [-0.05, 0) is 0 Å². The highest BCUT2D eigenvalue weighted by atomic mass is 19.3. The lowest BCUT2D eigenvalue weighted by molar-refractivity contribution is -0.150. The van der Waals surface area contributed by atoms with Crippen LogP contribution in [0.25, 0.3) is 0 Å². The van der Waals surface area contributed by atoms with Crippen molar-refractivity contribution in [2.24, 2.45) is 5.84 Å². The van der Waals surface area contributed by atoms with Crippen LogP contribution in [0.4, 0.5) is 8.78 Å². The van der Waals surface area contributed by atoms with Gasteiger partial charge in [-0.2, -0.15) is 8.78 Å². The average molecular weight is 142 g/mol. The molecule has 0 aromatic rings. The molecule has 0 rings (SSSR count). The average Bonchev–Trinajstić information content (AvgIpc) is 1.83. The monoisotopic (exact) mass is 142 g/mol. The minimum Gasteiger partial charge on any atom is -0.375 e. The van der Waals surface area contributed by atoms with Gasteiger partial charge in [-0.15, -0.1) is 0 Å². The van der Waals surface area contributed by atoms with E-state index in [-0.39, 0.29) is 0 Å². The first-order valence-corrected chi connectivity index (χ1v) is 2.20. The summed E-state index contributed by atoms with van der Waals surface area (Å²) in [5.74, 6) is 4.63. The summed E-state index contributed by atoms with van der Waals surface area (Å²) in [6.07, 6.45) is -1.24. The van der Waals surface area contributed by atoms with E-state index in [4.69, 9.17) is 5.11 Å². The number of halogens is 2. The van der Waals surface area contributed by atoms with Crippen molar-refractivity contribution in [2.45, 2.75) is 12.8 Å². The van der Waals surface area contributed by atoms with Gasteiger partial charge in [0.1, 0.15) is 6.23 Å². The Kier molecular flexibility index (Phi) is 4.41. The zero-order valence-corrected chi connectivity index (χ0v) is 4.55. The Hall–Kier alpha value is -0.300. The fraction of sp³-hybridized carbons (Fsp3) is 1.00. The minimum absolute atomic E-state index is 0.520. The number of nitrogens with one attached hydrogen (secondary N) is 1. The Morgan fingerprint density at radius 1 is 1.67 bits per heavy atom. The molecule has 9 heavy (non-hydrogen) atoms. The number of aliphatic hydroxyl groups is 1. The van der Waals surface area contributed by atoms with Crippen LogP contribution in [0.3, 0.4) is 0 Å². The molecule has 0 aliphatic carbocycles. The summed E-state index contributed by atoms with van der Waals surface area (Å²) in [7, 11) is 0. The standard InChI is InChI=1S/C3H8F2N2O2/c4-3(5)9-1-2(8)7-6/h2-3,7-8H,1,6H2. The molecule has 0 heterocycles. The number of aliphatic hydroxyl groups excluding tert-OH is 1. The SMILES string of the molecule is NNC(O)COC(F)F. The fourth-order valence-electron chi connectivity index (χ4n) is 0.212. The maximum absolute atomic E-state index is 11.1. The quantitative estimate of drug-likeness (QED) is 0.268. The first-order valence-electron chi connectivity index (χ1n) is 2.20. The fourth-order valence-corrected chi connectivity index (χ4v) is 0.212. The van der Waals surface area contributed by atoms with E-state index in [1.165, 1.54) is 0 Å². The van der Waals surface area contributed by atoms with Crippen molar-refractivity contribution in [3.05, 3.63) is 0 Å². The van der Waals surface area contributed by atoms with Crippen LogP contribution in [0.15, 0.2) is 0 Å². The summed E-state index contributed by atoms with van der Waals surface area (Å²) in [4.78, 5) is 0. The highest BCUT2D eigenvalue weighted by molar-refractivity contribution is 4.40. The molecule has 0 aromatic heterocycles. The van der Waals surface area contributed by atoms with E-state index in [1.807, 2.05) is 5.43 Å². The van der Waals surface area contributed by atoms with E-state index in [1.54, 1.807) is 0 Å². The molecule has 0 aliphatic heterocycles. The number of hydrogen-bond acceptors (Lipinski definition) is 4. The molecule has 0 amide bonds. The Labute approximate surface area is 50.6 Å². The van der Waals surface area contributed by atoms with Crippen LogP contribution in [0, 0.1) is 0 Å². The van der Waals surface area contributed by atoms with E-state index in [2.05, 4.69) is 10.6 Å². The highest BCUT2D eigenvalue weighted by Gasteiger charge is 2.05. The number of hydrazine groups is 1. The van der Waals surface area contributed by atoms with Gasteiger partial charge in [0.25, 0.3) is 0 Å². The minimum atomic E-state index is -2.87.